The smallest absolute Gasteiger partial charge is 0.248 e. The summed E-state index contributed by atoms with van der Waals surface area (Å²) < 4.78 is 0. The van der Waals surface area contributed by atoms with Crippen LogP contribution in [0.3, 0.4) is 0 Å². The van der Waals surface area contributed by atoms with Crippen molar-refractivity contribution >= 4 is 11.6 Å². The maximum atomic E-state index is 11.8. The van der Waals surface area contributed by atoms with E-state index in [1.54, 1.807) is 6.08 Å². The lowest BCUT2D eigenvalue weighted by Crippen LogP contribution is -2.12. The van der Waals surface area contributed by atoms with Crippen LogP contribution in [0.1, 0.15) is 44.7 Å². The fourth-order valence-corrected chi connectivity index (χ4v) is 1.76. The summed E-state index contributed by atoms with van der Waals surface area (Å²) in [7, 11) is 0. The van der Waals surface area contributed by atoms with Crippen LogP contribution in [0.5, 0.6) is 0 Å². The Morgan fingerprint density at radius 1 is 1.29 bits per heavy atom. The van der Waals surface area contributed by atoms with Gasteiger partial charge in [-0.05, 0) is 37.8 Å². The number of para-hydroxylation sites is 1. The molecule has 1 aromatic rings. The summed E-state index contributed by atoms with van der Waals surface area (Å²) in [5.74, 6) is 0.345. The van der Waals surface area contributed by atoms with E-state index < -0.39 is 0 Å². The van der Waals surface area contributed by atoms with E-state index in [-0.39, 0.29) is 5.91 Å². The number of amides is 1. The van der Waals surface area contributed by atoms with Crippen molar-refractivity contribution in [2.45, 2.75) is 40.5 Å². The molecule has 0 bridgehead atoms. The highest BCUT2D eigenvalue weighted by atomic mass is 16.1. The van der Waals surface area contributed by atoms with Gasteiger partial charge in [0.1, 0.15) is 0 Å². The summed E-state index contributed by atoms with van der Waals surface area (Å²) in [5, 5.41) is 2.98. The van der Waals surface area contributed by atoms with Gasteiger partial charge in [-0.25, -0.2) is 0 Å². The van der Waals surface area contributed by atoms with E-state index >= 15 is 0 Å². The van der Waals surface area contributed by atoms with Crippen molar-refractivity contribution in [2.24, 2.45) is 0 Å². The van der Waals surface area contributed by atoms with Crippen molar-refractivity contribution in [1.29, 1.82) is 0 Å². The van der Waals surface area contributed by atoms with Gasteiger partial charge in [0.15, 0.2) is 0 Å². The van der Waals surface area contributed by atoms with Gasteiger partial charge < -0.3 is 5.32 Å². The number of benzene rings is 1. The highest BCUT2D eigenvalue weighted by molar-refractivity contribution is 6.00. The zero-order chi connectivity index (χ0) is 13.0. The van der Waals surface area contributed by atoms with Crippen LogP contribution in [0, 0.1) is 6.92 Å². The molecule has 2 nitrogen and oxygen atoms in total. The van der Waals surface area contributed by atoms with Crippen LogP contribution in [-0.2, 0) is 4.79 Å². The molecule has 0 spiro atoms. The molecule has 92 valence electrons. The number of carbonyl (C=O) groups is 1. The van der Waals surface area contributed by atoms with E-state index in [9.17, 15) is 4.79 Å². The van der Waals surface area contributed by atoms with Crippen molar-refractivity contribution in [1.82, 2.24) is 0 Å². The Bertz CT molecular complexity index is 440. The second-order valence-electron chi connectivity index (χ2n) is 4.90. The third-order valence-corrected chi connectivity index (χ3v) is 2.59. The van der Waals surface area contributed by atoms with Crippen LogP contribution in [0.25, 0.3) is 0 Å². The van der Waals surface area contributed by atoms with Crippen LogP contribution >= 0.6 is 0 Å². The number of anilines is 1. The Kier molecular flexibility index (Phi) is 4.50. The van der Waals surface area contributed by atoms with E-state index in [0.717, 1.165) is 16.8 Å². The zero-order valence-electron chi connectivity index (χ0n) is 11.3. The molecule has 0 fully saturated rings. The Hall–Kier alpha value is -1.57. The monoisotopic (exact) mass is 231 g/mol. The molecule has 0 aliphatic heterocycles. The molecule has 0 aromatic heterocycles. The molecule has 0 aliphatic rings. The topological polar surface area (TPSA) is 29.1 Å². The normalized spacial score (nSPS) is 10.2. The van der Waals surface area contributed by atoms with E-state index in [1.807, 2.05) is 32.9 Å². The minimum atomic E-state index is -0.0544. The zero-order valence-corrected chi connectivity index (χ0v) is 11.3. The SMILES string of the molecule is CC(C)=CC(=O)Nc1c(C)cccc1C(C)C. The van der Waals surface area contributed by atoms with Gasteiger partial charge in [0, 0.05) is 11.8 Å². The van der Waals surface area contributed by atoms with E-state index in [2.05, 4.69) is 25.2 Å². The Balaban J connectivity index is 3.05. The predicted molar refractivity (Wildman–Crippen MR) is 73.3 cm³/mol. The lowest BCUT2D eigenvalue weighted by molar-refractivity contribution is -0.112. The molecule has 0 saturated carbocycles. The van der Waals surface area contributed by atoms with Gasteiger partial charge in [0.05, 0.1) is 0 Å². The van der Waals surface area contributed by atoms with Gasteiger partial charge in [0.25, 0.3) is 0 Å². The van der Waals surface area contributed by atoms with Gasteiger partial charge in [-0.2, -0.15) is 0 Å². The highest BCUT2D eigenvalue weighted by Gasteiger charge is 2.10. The molecule has 2 heteroatoms. The Morgan fingerprint density at radius 3 is 2.47 bits per heavy atom. The predicted octanol–water partition coefficient (Wildman–Crippen LogP) is 4.02. The summed E-state index contributed by atoms with van der Waals surface area (Å²) in [6.07, 6.45) is 1.62. The molecule has 0 radical (unpaired) electrons. The van der Waals surface area contributed by atoms with Crippen molar-refractivity contribution < 1.29 is 4.79 Å². The second kappa shape index (κ2) is 5.67. The minimum Gasteiger partial charge on any atom is -0.322 e. The standard InChI is InChI=1S/C15H21NO/c1-10(2)9-14(17)16-15-12(5)7-6-8-13(15)11(3)4/h6-9,11H,1-5H3,(H,16,17). The number of nitrogens with one attached hydrogen (secondary N) is 1. The first-order valence-corrected chi connectivity index (χ1v) is 5.97. The molecule has 0 heterocycles. The molecule has 1 aromatic carbocycles. The van der Waals surface area contributed by atoms with Crippen LogP contribution in [0.15, 0.2) is 29.8 Å². The van der Waals surface area contributed by atoms with E-state index in [0.29, 0.717) is 5.92 Å². The minimum absolute atomic E-state index is 0.0544. The largest absolute Gasteiger partial charge is 0.322 e. The lowest BCUT2D eigenvalue weighted by atomic mass is 9.98. The quantitative estimate of drug-likeness (QED) is 0.782. The van der Waals surface area contributed by atoms with Crippen molar-refractivity contribution in [3.63, 3.8) is 0 Å². The number of hydrogen-bond donors (Lipinski definition) is 1. The number of carbonyl (C=O) groups excluding carboxylic acids is 1. The molecule has 1 N–H and O–H groups in total. The van der Waals surface area contributed by atoms with Gasteiger partial charge in [-0.15, -0.1) is 0 Å². The van der Waals surface area contributed by atoms with Crippen LogP contribution in [0.4, 0.5) is 5.69 Å². The van der Waals surface area contributed by atoms with Gasteiger partial charge >= 0.3 is 0 Å². The second-order valence-corrected chi connectivity index (χ2v) is 4.90. The summed E-state index contributed by atoms with van der Waals surface area (Å²) in [4.78, 5) is 11.8. The fraction of sp³-hybridized carbons (Fsp3) is 0.400. The molecule has 17 heavy (non-hydrogen) atoms. The van der Waals surface area contributed by atoms with Crippen LogP contribution in [-0.4, -0.2) is 5.91 Å². The molecule has 1 rings (SSSR count). The van der Waals surface area contributed by atoms with Crippen molar-refractivity contribution in [2.75, 3.05) is 5.32 Å². The molecule has 0 unspecified atom stereocenters. The maximum Gasteiger partial charge on any atom is 0.248 e. The Labute approximate surface area is 104 Å². The Morgan fingerprint density at radius 2 is 1.94 bits per heavy atom. The number of rotatable bonds is 3. The van der Waals surface area contributed by atoms with Gasteiger partial charge in [-0.3, -0.25) is 4.79 Å². The van der Waals surface area contributed by atoms with Crippen molar-refractivity contribution in [3.05, 3.63) is 41.0 Å². The van der Waals surface area contributed by atoms with Crippen LogP contribution < -0.4 is 5.32 Å². The number of allylic oxidation sites excluding steroid dienone is 1. The molecular formula is C15H21NO. The van der Waals surface area contributed by atoms with E-state index in [4.69, 9.17) is 0 Å². The fourth-order valence-electron chi connectivity index (χ4n) is 1.76. The summed E-state index contributed by atoms with van der Waals surface area (Å²) in [6.45, 7) is 10.1. The first-order chi connectivity index (χ1) is 7.91. The molecule has 1 amide bonds. The average Bonchev–Trinajstić information content (AvgIpc) is 2.19. The third-order valence-electron chi connectivity index (χ3n) is 2.59. The number of aryl methyl sites for hydroxylation is 1. The maximum absolute atomic E-state index is 11.8. The number of hydrogen-bond acceptors (Lipinski definition) is 1. The van der Waals surface area contributed by atoms with Gasteiger partial charge in [0.2, 0.25) is 5.91 Å². The lowest BCUT2D eigenvalue weighted by Gasteiger charge is -2.15. The van der Waals surface area contributed by atoms with Gasteiger partial charge in [-0.1, -0.05) is 37.6 Å². The molecule has 0 aliphatic carbocycles. The molecule has 0 saturated heterocycles. The summed E-state index contributed by atoms with van der Waals surface area (Å²) in [6, 6.07) is 6.11. The summed E-state index contributed by atoms with van der Waals surface area (Å²) in [5.41, 5.74) is 4.24. The highest BCUT2D eigenvalue weighted by Crippen LogP contribution is 2.27. The van der Waals surface area contributed by atoms with E-state index in [1.165, 1.54) is 5.56 Å². The average molecular weight is 231 g/mol. The molecule has 0 atom stereocenters. The first-order valence-electron chi connectivity index (χ1n) is 5.97. The molecular weight excluding hydrogens is 210 g/mol. The summed E-state index contributed by atoms with van der Waals surface area (Å²) >= 11 is 0. The van der Waals surface area contributed by atoms with Crippen molar-refractivity contribution in [3.8, 4) is 0 Å². The third kappa shape index (κ3) is 3.74. The first kappa shape index (κ1) is 13.5. The van der Waals surface area contributed by atoms with Crippen LogP contribution in [0.2, 0.25) is 0 Å².